The van der Waals surface area contributed by atoms with Gasteiger partial charge >= 0.3 is 0 Å². The Morgan fingerprint density at radius 1 is 1.28 bits per heavy atom. The van der Waals surface area contributed by atoms with Crippen molar-refractivity contribution in [3.8, 4) is 0 Å². The Morgan fingerprint density at radius 3 is 2.72 bits per heavy atom. The number of nitrogens with zero attached hydrogens (tertiary/aromatic N) is 4. The van der Waals surface area contributed by atoms with Gasteiger partial charge in [0.15, 0.2) is 0 Å². The van der Waals surface area contributed by atoms with Crippen molar-refractivity contribution in [2.24, 2.45) is 5.92 Å². The Morgan fingerprint density at radius 2 is 2.04 bits per heavy atom. The van der Waals surface area contributed by atoms with Gasteiger partial charge in [-0.05, 0) is 25.7 Å². The molecule has 138 valence electrons. The number of ether oxygens (including phenoxy) is 1. The smallest absolute Gasteiger partial charge is 0.225 e. The Kier molecular flexibility index (Phi) is 6.58. The van der Waals surface area contributed by atoms with Gasteiger partial charge in [-0.2, -0.15) is 0 Å². The van der Waals surface area contributed by atoms with E-state index >= 15 is 0 Å². The van der Waals surface area contributed by atoms with Crippen molar-refractivity contribution in [3.63, 3.8) is 0 Å². The summed E-state index contributed by atoms with van der Waals surface area (Å²) in [5.41, 5.74) is 0. The molecule has 2 heterocycles. The van der Waals surface area contributed by atoms with Crippen LogP contribution in [0.25, 0.3) is 0 Å². The number of carbonyl (C=O) groups is 1. The number of nitrogens with one attached hydrogen (secondary N) is 1. The summed E-state index contributed by atoms with van der Waals surface area (Å²) in [4.78, 5) is 25.3. The van der Waals surface area contributed by atoms with Gasteiger partial charge in [0, 0.05) is 57.6 Å². The normalized spacial score (nSPS) is 24.7. The first-order valence-electron chi connectivity index (χ1n) is 9.30. The molecule has 0 radical (unpaired) electrons. The maximum atomic E-state index is 12.7. The van der Waals surface area contributed by atoms with Gasteiger partial charge in [-0.3, -0.25) is 14.7 Å². The van der Waals surface area contributed by atoms with E-state index in [0.29, 0.717) is 11.9 Å². The molecule has 1 aromatic rings. The number of morpholine rings is 1. The number of hydrogen-bond donors (Lipinski definition) is 1. The maximum absolute atomic E-state index is 12.7. The molecule has 0 unspecified atom stereocenters. The van der Waals surface area contributed by atoms with Gasteiger partial charge < -0.3 is 15.0 Å². The minimum atomic E-state index is 0.162. The van der Waals surface area contributed by atoms with Crippen molar-refractivity contribution in [2.75, 3.05) is 51.8 Å². The first kappa shape index (κ1) is 18.1. The van der Waals surface area contributed by atoms with Crippen molar-refractivity contribution in [1.29, 1.82) is 0 Å². The predicted molar refractivity (Wildman–Crippen MR) is 96.3 cm³/mol. The lowest BCUT2D eigenvalue weighted by Gasteiger charge is -2.32. The average Bonchev–Trinajstić information content (AvgIpc) is 2.68. The highest BCUT2D eigenvalue weighted by Crippen LogP contribution is 2.27. The standard InChI is InChI=1S/C18H29N5O2/c1-22(8-9-23-10-12-25-13-11-23)18(24)15-2-4-16(5-3-15)21-17-14-19-6-7-20-17/h6-7,14-16H,2-5,8-13H2,1H3,(H,20,21). The third-order valence-electron chi connectivity index (χ3n) is 5.22. The summed E-state index contributed by atoms with van der Waals surface area (Å²) in [7, 11) is 1.94. The molecule has 1 saturated carbocycles. The molecule has 1 saturated heterocycles. The van der Waals surface area contributed by atoms with Crippen LogP contribution in [-0.2, 0) is 9.53 Å². The highest BCUT2D eigenvalue weighted by molar-refractivity contribution is 5.78. The van der Waals surface area contributed by atoms with Gasteiger partial charge in [-0.15, -0.1) is 0 Å². The molecule has 0 aromatic carbocycles. The molecule has 3 rings (SSSR count). The van der Waals surface area contributed by atoms with Crippen LogP contribution in [0, 0.1) is 5.92 Å². The molecule has 25 heavy (non-hydrogen) atoms. The summed E-state index contributed by atoms with van der Waals surface area (Å²) in [5, 5.41) is 3.42. The molecule has 0 spiro atoms. The summed E-state index contributed by atoms with van der Waals surface area (Å²) < 4.78 is 5.37. The van der Waals surface area contributed by atoms with Crippen molar-refractivity contribution in [2.45, 2.75) is 31.7 Å². The summed E-state index contributed by atoms with van der Waals surface area (Å²) in [6.07, 6.45) is 9.01. The first-order valence-corrected chi connectivity index (χ1v) is 9.30. The highest BCUT2D eigenvalue weighted by atomic mass is 16.5. The third kappa shape index (κ3) is 5.37. The average molecular weight is 347 g/mol. The number of carbonyl (C=O) groups excluding carboxylic acids is 1. The lowest BCUT2D eigenvalue weighted by Crippen LogP contribution is -2.44. The second-order valence-corrected chi connectivity index (χ2v) is 7.00. The minimum Gasteiger partial charge on any atom is -0.379 e. The molecule has 1 aromatic heterocycles. The largest absolute Gasteiger partial charge is 0.379 e. The SMILES string of the molecule is CN(CCN1CCOCC1)C(=O)C1CCC(Nc2cnccn2)CC1. The van der Waals surface area contributed by atoms with E-state index in [1.807, 2.05) is 11.9 Å². The number of aromatic nitrogens is 2. The van der Waals surface area contributed by atoms with Crippen LogP contribution in [0.15, 0.2) is 18.6 Å². The van der Waals surface area contributed by atoms with Gasteiger partial charge in [-0.1, -0.05) is 0 Å². The molecular formula is C18H29N5O2. The van der Waals surface area contributed by atoms with Crippen molar-refractivity contribution in [3.05, 3.63) is 18.6 Å². The van der Waals surface area contributed by atoms with Gasteiger partial charge in [-0.25, -0.2) is 4.98 Å². The monoisotopic (exact) mass is 347 g/mol. The van der Waals surface area contributed by atoms with E-state index in [1.54, 1.807) is 18.6 Å². The van der Waals surface area contributed by atoms with E-state index in [2.05, 4.69) is 20.2 Å². The van der Waals surface area contributed by atoms with Crippen LogP contribution in [0.5, 0.6) is 0 Å². The lowest BCUT2D eigenvalue weighted by atomic mass is 9.85. The summed E-state index contributed by atoms with van der Waals surface area (Å²) >= 11 is 0. The van der Waals surface area contributed by atoms with E-state index in [0.717, 1.165) is 70.9 Å². The van der Waals surface area contributed by atoms with Crippen LogP contribution in [0.2, 0.25) is 0 Å². The maximum Gasteiger partial charge on any atom is 0.225 e. The fourth-order valence-corrected chi connectivity index (χ4v) is 3.61. The van der Waals surface area contributed by atoms with Crippen molar-refractivity contribution in [1.82, 2.24) is 19.8 Å². The second kappa shape index (κ2) is 9.10. The Balaban J connectivity index is 1.38. The predicted octanol–water partition coefficient (Wildman–Crippen LogP) is 1.24. The number of amides is 1. The van der Waals surface area contributed by atoms with Crippen molar-refractivity contribution < 1.29 is 9.53 Å². The molecule has 0 atom stereocenters. The number of likely N-dealkylation sites (N-methyl/N-ethyl adjacent to an activating group) is 1. The molecule has 7 heteroatoms. The van der Waals surface area contributed by atoms with Crippen LogP contribution in [0.1, 0.15) is 25.7 Å². The first-order chi connectivity index (χ1) is 12.2. The zero-order chi connectivity index (χ0) is 17.5. The summed E-state index contributed by atoms with van der Waals surface area (Å²) in [6.45, 7) is 5.30. The quantitative estimate of drug-likeness (QED) is 0.835. The molecule has 2 fully saturated rings. The van der Waals surface area contributed by atoms with Crippen molar-refractivity contribution >= 4 is 11.7 Å². The van der Waals surface area contributed by atoms with Crippen LogP contribution in [0.3, 0.4) is 0 Å². The van der Waals surface area contributed by atoms with Gasteiger partial charge in [0.05, 0.1) is 19.4 Å². The van der Waals surface area contributed by atoms with E-state index in [-0.39, 0.29) is 5.92 Å². The molecular weight excluding hydrogens is 318 g/mol. The van der Waals surface area contributed by atoms with Crippen LogP contribution in [0.4, 0.5) is 5.82 Å². The molecule has 1 aliphatic heterocycles. The van der Waals surface area contributed by atoms with Crippen LogP contribution >= 0.6 is 0 Å². The van der Waals surface area contributed by atoms with Gasteiger partial charge in [0.2, 0.25) is 5.91 Å². The lowest BCUT2D eigenvalue weighted by molar-refractivity contribution is -0.135. The zero-order valence-corrected chi connectivity index (χ0v) is 15.1. The highest BCUT2D eigenvalue weighted by Gasteiger charge is 2.28. The zero-order valence-electron chi connectivity index (χ0n) is 15.1. The number of rotatable bonds is 6. The van der Waals surface area contributed by atoms with E-state index < -0.39 is 0 Å². The number of anilines is 1. The Hall–Kier alpha value is -1.73. The fourth-order valence-electron chi connectivity index (χ4n) is 3.61. The Bertz CT molecular complexity index is 528. The summed E-state index contributed by atoms with van der Waals surface area (Å²) in [5.74, 6) is 1.28. The molecule has 0 bridgehead atoms. The van der Waals surface area contributed by atoms with Crippen LogP contribution < -0.4 is 5.32 Å². The number of hydrogen-bond acceptors (Lipinski definition) is 6. The molecule has 1 N–H and O–H groups in total. The van der Waals surface area contributed by atoms with E-state index in [4.69, 9.17) is 4.74 Å². The van der Waals surface area contributed by atoms with E-state index in [9.17, 15) is 4.79 Å². The molecule has 2 aliphatic rings. The minimum absolute atomic E-state index is 0.162. The topological polar surface area (TPSA) is 70.6 Å². The summed E-state index contributed by atoms with van der Waals surface area (Å²) in [6, 6.07) is 0.388. The van der Waals surface area contributed by atoms with E-state index in [1.165, 1.54) is 0 Å². The molecule has 1 amide bonds. The second-order valence-electron chi connectivity index (χ2n) is 7.00. The fraction of sp³-hybridized carbons (Fsp3) is 0.722. The molecule has 7 nitrogen and oxygen atoms in total. The van der Waals surface area contributed by atoms with Gasteiger partial charge in [0.1, 0.15) is 5.82 Å². The molecule has 1 aliphatic carbocycles. The van der Waals surface area contributed by atoms with Gasteiger partial charge in [0.25, 0.3) is 0 Å². The Labute approximate surface area is 149 Å². The third-order valence-corrected chi connectivity index (χ3v) is 5.22. The van der Waals surface area contributed by atoms with Crippen LogP contribution in [-0.4, -0.2) is 78.2 Å².